The van der Waals surface area contributed by atoms with Gasteiger partial charge in [0.1, 0.15) is 6.04 Å². The lowest BCUT2D eigenvalue weighted by molar-refractivity contribution is 0.0929. The minimum Gasteiger partial charge on any atom is -0.286 e. The minimum atomic E-state index is -0.639. The van der Waals surface area contributed by atoms with Crippen molar-refractivity contribution in [3.63, 3.8) is 0 Å². The Morgan fingerprint density at radius 3 is 2.35 bits per heavy atom. The van der Waals surface area contributed by atoms with Gasteiger partial charge in [-0.1, -0.05) is 41.9 Å². The standard InChI is InChI=1S/C15H12ClN3O/c16-13-8-6-11(7-9-13)14(10-17)18-19-15(20)12-4-2-1-3-5-12/h1-9,14,18H,(H,19,20)/t14-/m0/s1. The van der Waals surface area contributed by atoms with E-state index in [-0.39, 0.29) is 5.91 Å². The maximum absolute atomic E-state index is 11.8. The van der Waals surface area contributed by atoms with E-state index in [9.17, 15) is 4.79 Å². The Balaban J connectivity index is 2.00. The first-order valence-corrected chi connectivity index (χ1v) is 6.34. The summed E-state index contributed by atoms with van der Waals surface area (Å²) in [6, 6.07) is 17.1. The SMILES string of the molecule is N#C[C@H](NNC(=O)c1ccccc1)c1ccc(Cl)cc1. The molecule has 0 radical (unpaired) electrons. The number of hydrogen-bond donors (Lipinski definition) is 2. The van der Waals surface area contributed by atoms with Crippen molar-refractivity contribution in [3.05, 3.63) is 70.7 Å². The van der Waals surface area contributed by atoms with Gasteiger partial charge in [-0.2, -0.15) is 5.26 Å². The quantitative estimate of drug-likeness (QED) is 0.849. The Kier molecular flexibility index (Phi) is 4.72. The first kappa shape index (κ1) is 14.1. The Morgan fingerprint density at radius 2 is 1.75 bits per heavy atom. The molecule has 0 aliphatic carbocycles. The van der Waals surface area contributed by atoms with E-state index in [4.69, 9.17) is 16.9 Å². The van der Waals surface area contributed by atoms with Gasteiger partial charge in [-0.3, -0.25) is 10.2 Å². The van der Waals surface area contributed by atoms with Crippen LogP contribution in [0.5, 0.6) is 0 Å². The normalized spacial score (nSPS) is 11.4. The third-order valence-electron chi connectivity index (χ3n) is 2.70. The highest BCUT2D eigenvalue weighted by molar-refractivity contribution is 6.30. The summed E-state index contributed by atoms with van der Waals surface area (Å²) in [6.07, 6.45) is 0. The first-order chi connectivity index (χ1) is 9.70. The molecule has 0 spiro atoms. The molecule has 0 saturated heterocycles. The van der Waals surface area contributed by atoms with Crippen LogP contribution >= 0.6 is 11.6 Å². The summed E-state index contributed by atoms with van der Waals surface area (Å²) in [5.74, 6) is -0.292. The Morgan fingerprint density at radius 1 is 1.10 bits per heavy atom. The number of nitrogens with one attached hydrogen (secondary N) is 2. The van der Waals surface area contributed by atoms with Crippen LogP contribution in [0, 0.1) is 11.3 Å². The molecule has 0 aromatic heterocycles. The van der Waals surface area contributed by atoms with Crippen molar-refractivity contribution >= 4 is 17.5 Å². The van der Waals surface area contributed by atoms with Gasteiger partial charge in [0.15, 0.2) is 0 Å². The van der Waals surface area contributed by atoms with Crippen molar-refractivity contribution in [2.45, 2.75) is 6.04 Å². The van der Waals surface area contributed by atoms with Crippen LogP contribution in [0.15, 0.2) is 54.6 Å². The molecule has 1 atom stereocenters. The number of amides is 1. The van der Waals surface area contributed by atoms with Crippen LogP contribution in [0.3, 0.4) is 0 Å². The van der Waals surface area contributed by atoms with Crippen LogP contribution in [0.2, 0.25) is 5.02 Å². The van der Waals surface area contributed by atoms with Crippen molar-refractivity contribution < 1.29 is 4.79 Å². The number of hydrazine groups is 1. The Hall–Kier alpha value is -2.35. The molecule has 2 aromatic carbocycles. The van der Waals surface area contributed by atoms with Gasteiger partial charge in [-0.15, -0.1) is 0 Å². The molecule has 1 amide bonds. The molecule has 20 heavy (non-hydrogen) atoms. The number of halogens is 1. The van der Waals surface area contributed by atoms with Crippen molar-refractivity contribution in [1.82, 2.24) is 10.9 Å². The Labute approximate surface area is 122 Å². The van der Waals surface area contributed by atoms with Gasteiger partial charge in [-0.25, -0.2) is 5.43 Å². The molecule has 100 valence electrons. The highest BCUT2D eigenvalue weighted by Crippen LogP contribution is 2.15. The zero-order chi connectivity index (χ0) is 14.4. The third-order valence-corrected chi connectivity index (χ3v) is 2.95. The van der Waals surface area contributed by atoms with Crippen molar-refractivity contribution in [2.75, 3.05) is 0 Å². The predicted octanol–water partition coefficient (Wildman–Crippen LogP) is 2.84. The fraction of sp³-hybridized carbons (Fsp3) is 0.0667. The van der Waals surface area contributed by atoms with Gasteiger partial charge in [0.2, 0.25) is 0 Å². The molecule has 2 aromatic rings. The number of rotatable bonds is 4. The molecule has 0 aliphatic rings. The van der Waals surface area contributed by atoms with E-state index in [1.165, 1.54) is 0 Å². The van der Waals surface area contributed by atoms with Gasteiger partial charge in [0.25, 0.3) is 5.91 Å². The molecule has 2 N–H and O–H groups in total. The molecule has 0 aliphatic heterocycles. The summed E-state index contributed by atoms with van der Waals surface area (Å²) in [7, 11) is 0. The first-order valence-electron chi connectivity index (χ1n) is 5.96. The molecule has 4 nitrogen and oxygen atoms in total. The second kappa shape index (κ2) is 6.71. The molecule has 0 fully saturated rings. The number of hydrogen-bond acceptors (Lipinski definition) is 3. The van der Waals surface area contributed by atoms with Crippen LogP contribution < -0.4 is 10.9 Å². The Bertz CT molecular complexity index is 620. The number of benzene rings is 2. The van der Waals surface area contributed by atoms with E-state index in [1.807, 2.05) is 6.07 Å². The number of carbonyl (C=O) groups is 1. The average Bonchev–Trinajstić information content (AvgIpc) is 2.50. The van der Waals surface area contributed by atoms with Crippen molar-refractivity contribution in [2.24, 2.45) is 0 Å². The van der Waals surface area contributed by atoms with E-state index < -0.39 is 6.04 Å². The second-order valence-corrected chi connectivity index (χ2v) is 4.51. The largest absolute Gasteiger partial charge is 0.286 e. The van der Waals surface area contributed by atoms with Gasteiger partial charge >= 0.3 is 0 Å². The van der Waals surface area contributed by atoms with Crippen molar-refractivity contribution in [1.29, 1.82) is 5.26 Å². The molecule has 5 heteroatoms. The number of nitrogens with zero attached hydrogens (tertiary/aromatic N) is 1. The lowest BCUT2D eigenvalue weighted by Crippen LogP contribution is -2.39. The smallest absolute Gasteiger partial charge is 0.265 e. The fourth-order valence-electron chi connectivity index (χ4n) is 1.64. The summed E-state index contributed by atoms with van der Waals surface area (Å²) in [6.45, 7) is 0. The van der Waals surface area contributed by atoms with Gasteiger partial charge < -0.3 is 0 Å². The van der Waals surface area contributed by atoms with Crippen LogP contribution in [-0.4, -0.2) is 5.91 Å². The molecule has 0 saturated carbocycles. The lowest BCUT2D eigenvalue weighted by atomic mass is 10.1. The molecule has 0 unspecified atom stereocenters. The second-order valence-electron chi connectivity index (χ2n) is 4.08. The zero-order valence-electron chi connectivity index (χ0n) is 10.5. The lowest BCUT2D eigenvalue weighted by Gasteiger charge is -2.13. The molecule has 2 rings (SSSR count). The van der Waals surface area contributed by atoms with E-state index in [0.29, 0.717) is 10.6 Å². The summed E-state index contributed by atoms with van der Waals surface area (Å²) in [4.78, 5) is 11.8. The summed E-state index contributed by atoms with van der Waals surface area (Å²) in [5, 5.41) is 9.73. The monoisotopic (exact) mass is 285 g/mol. The third kappa shape index (κ3) is 3.58. The highest BCUT2D eigenvalue weighted by atomic mass is 35.5. The van der Waals surface area contributed by atoms with Crippen LogP contribution in [-0.2, 0) is 0 Å². The highest BCUT2D eigenvalue weighted by Gasteiger charge is 2.11. The van der Waals surface area contributed by atoms with Crippen LogP contribution in [0.25, 0.3) is 0 Å². The zero-order valence-corrected chi connectivity index (χ0v) is 11.3. The number of nitriles is 1. The van der Waals surface area contributed by atoms with Crippen LogP contribution in [0.4, 0.5) is 0 Å². The predicted molar refractivity (Wildman–Crippen MR) is 76.8 cm³/mol. The summed E-state index contributed by atoms with van der Waals surface area (Å²) in [5.41, 5.74) is 6.47. The van der Waals surface area contributed by atoms with Crippen molar-refractivity contribution in [3.8, 4) is 6.07 Å². The van der Waals surface area contributed by atoms with E-state index in [2.05, 4.69) is 16.9 Å². The molecular weight excluding hydrogens is 274 g/mol. The molecule has 0 bridgehead atoms. The maximum atomic E-state index is 11.8. The van der Waals surface area contributed by atoms with Crippen LogP contribution in [0.1, 0.15) is 22.0 Å². The summed E-state index contributed by atoms with van der Waals surface area (Å²) < 4.78 is 0. The van der Waals surface area contributed by atoms with E-state index >= 15 is 0 Å². The topological polar surface area (TPSA) is 64.9 Å². The molecular formula is C15H12ClN3O. The number of carbonyl (C=O) groups excluding carboxylic acids is 1. The van der Waals surface area contributed by atoms with E-state index in [0.717, 1.165) is 5.56 Å². The minimum absolute atomic E-state index is 0.292. The fourth-order valence-corrected chi connectivity index (χ4v) is 1.77. The molecule has 0 heterocycles. The average molecular weight is 286 g/mol. The van der Waals surface area contributed by atoms with Gasteiger partial charge in [-0.05, 0) is 29.8 Å². The van der Waals surface area contributed by atoms with Gasteiger partial charge in [0.05, 0.1) is 6.07 Å². The summed E-state index contributed by atoms with van der Waals surface area (Å²) >= 11 is 5.79. The van der Waals surface area contributed by atoms with Gasteiger partial charge in [0, 0.05) is 10.6 Å². The maximum Gasteiger partial charge on any atom is 0.265 e. The van der Waals surface area contributed by atoms with E-state index in [1.54, 1.807) is 48.5 Å².